The van der Waals surface area contributed by atoms with Gasteiger partial charge in [-0.15, -0.1) is 0 Å². The molecule has 0 amide bonds. The average Bonchev–Trinajstić information content (AvgIpc) is 3.06. The fraction of sp³-hybridized carbons (Fsp3) is 0.800. The lowest BCUT2D eigenvalue weighted by Gasteiger charge is -2.21. The van der Waals surface area contributed by atoms with E-state index in [1.807, 2.05) is 20.8 Å². The summed E-state index contributed by atoms with van der Waals surface area (Å²) in [5.74, 6) is 6.50. The van der Waals surface area contributed by atoms with Crippen molar-refractivity contribution in [1.82, 2.24) is 0 Å². The number of carbonyl (C=O) groups excluding carboxylic acids is 2. The van der Waals surface area contributed by atoms with E-state index in [2.05, 4.69) is 25.7 Å². The van der Waals surface area contributed by atoms with Gasteiger partial charge in [0.25, 0.3) is 0 Å². The normalized spacial score (nSPS) is 17.9. The van der Waals surface area contributed by atoms with Crippen molar-refractivity contribution in [2.75, 3.05) is 6.61 Å². The van der Waals surface area contributed by atoms with Crippen molar-refractivity contribution < 1.29 is 19.1 Å². The van der Waals surface area contributed by atoms with Crippen molar-refractivity contribution in [3.63, 3.8) is 0 Å². The van der Waals surface area contributed by atoms with Gasteiger partial charge in [0.05, 0.1) is 5.92 Å². The van der Waals surface area contributed by atoms with Crippen LogP contribution in [0.25, 0.3) is 0 Å². The first-order valence-electron chi connectivity index (χ1n) is 13.9. The molecule has 1 aliphatic carbocycles. The topological polar surface area (TPSA) is 52.6 Å². The fourth-order valence-corrected chi connectivity index (χ4v) is 4.24. The third-order valence-corrected chi connectivity index (χ3v) is 6.08. The van der Waals surface area contributed by atoms with Gasteiger partial charge in [-0.05, 0) is 52.5 Å². The summed E-state index contributed by atoms with van der Waals surface area (Å²) < 4.78 is 11.6. The van der Waals surface area contributed by atoms with E-state index in [4.69, 9.17) is 9.47 Å². The van der Waals surface area contributed by atoms with E-state index in [1.54, 1.807) is 6.08 Å². The largest absolute Gasteiger partial charge is 0.460 e. The first-order valence-corrected chi connectivity index (χ1v) is 13.9. The smallest absolute Gasteiger partial charge is 0.306 e. The van der Waals surface area contributed by atoms with Crippen LogP contribution in [0.3, 0.4) is 0 Å². The number of ketones is 1. The second-order valence-corrected chi connectivity index (χ2v) is 10.6. The molecule has 0 aromatic rings. The zero-order valence-electron chi connectivity index (χ0n) is 22.7. The summed E-state index contributed by atoms with van der Waals surface area (Å²) in [5.41, 5.74) is 0.438. The number of unbranched alkanes of at least 4 members (excludes halogenated alkanes) is 10. The van der Waals surface area contributed by atoms with Gasteiger partial charge in [0, 0.05) is 25.0 Å². The molecule has 0 aromatic heterocycles. The number of allylic oxidation sites excluding steroid dienone is 1. The van der Waals surface area contributed by atoms with Crippen molar-refractivity contribution in [3.8, 4) is 11.8 Å². The molecule has 0 fully saturated rings. The van der Waals surface area contributed by atoms with Crippen molar-refractivity contribution in [3.05, 3.63) is 11.6 Å². The predicted octanol–water partition coefficient (Wildman–Crippen LogP) is 7.73. The first kappa shape index (κ1) is 30.4. The molecule has 4 nitrogen and oxygen atoms in total. The van der Waals surface area contributed by atoms with Crippen LogP contribution >= 0.6 is 0 Å². The van der Waals surface area contributed by atoms with Gasteiger partial charge in [-0.2, -0.15) is 0 Å². The van der Waals surface area contributed by atoms with E-state index in [-0.39, 0.29) is 23.8 Å². The molecule has 0 unspecified atom stereocenters. The molecule has 0 aliphatic heterocycles. The molecule has 1 aliphatic rings. The van der Waals surface area contributed by atoms with E-state index in [0.717, 1.165) is 50.5 Å². The van der Waals surface area contributed by atoms with Gasteiger partial charge in [-0.1, -0.05) is 83.5 Å². The van der Waals surface area contributed by atoms with E-state index in [9.17, 15) is 9.59 Å². The van der Waals surface area contributed by atoms with Crippen molar-refractivity contribution >= 4 is 11.8 Å². The van der Waals surface area contributed by atoms with E-state index in [0.29, 0.717) is 13.0 Å². The lowest BCUT2D eigenvalue weighted by atomic mass is 9.93. The highest BCUT2D eigenvalue weighted by Gasteiger charge is 2.35. The molecule has 0 aromatic carbocycles. The van der Waals surface area contributed by atoms with Crippen molar-refractivity contribution in [2.24, 2.45) is 5.92 Å². The monoisotopic (exact) mass is 474 g/mol. The van der Waals surface area contributed by atoms with E-state index in [1.165, 1.54) is 44.9 Å². The number of esters is 1. The molecule has 34 heavy (non-hydrogen) atoms. The van der Waals surface area contributed by atoms with Crippen LogP contribution in [-0.4, -0.2) is 30.1 Å². The van der Waals surface area contributed by atoms with Gasteiger partial charge in [0.15, 0.2) is 5.78 Å². The molecule has 0 heterocycles. The standard InChI is InChI=1S/C30H50O4/c1-6-8-10-12-14-16-20-25-24-27(31)26(21-17-13-11-9-7-2)29(25)33-23-19-15-18-22-28(32)34-30(3,4)5/h24,26,29H,6-15,17-19,21-23H2,1-5H3/t26-,29+/m0/s1. The quantitative estimate of drug-likeness (QED) is 0.123. The number of carbonyl (C=O) groups is 2. The lowest BCUT2D eigenvalue weighted by molar-refractivity contribution is -0.155. The molecule has 0 N–H and O–H groups in total. The van der Waals surface area contributed by atoms with Crippen LogP contribution in [0.4, 0.5) is 0 Å². The maximum absolute atomic E-state index is 12.7. The Hall–Kier alpha value is -1.60. The molecule has 0 saturated heterocycles. The van der Waals surface area contributed by atoms with Crippen LogP contribution in [0, 0.1) is 17.8 Å². The van der Waals surface area contributed by atoms with Gasteiger partial charge in [0.2, 0.25) is 0 Å². The van der Waals surface area contributed by atoms with Crippen LogP contribution < -0.4 is 0 Å². The second kappa shape index (κ2) is 17.8. The highest BCUT2D eigenvalue weighted by molar-refractivity contribution is 5.97. The number of hydrogen-bond donors (Lipinski definition) is 0. The van der Waals surface area contributed by atoms with Crippen molar-refractivity contribution in [2.45, 2.75) is 143 Å². The third-order valence-electron chi connectivity index (χ3n) is 6.08. The zero-order valence-corrected chi connectivity index (χ0v) is 22.7. The van der Waals surface area contributed by atoms with Gasteiger partial charge in [-0.3, -0.25) is 9.59 Å². The molecule has 1 rings (SSSR count). The number of rotatable bonds is 17. The summed E-state index contributed by atoms with van der Waals surface area (Å²) in [5, 5.41) is 0. The highest BCUT2D eigenvalue weighted by Crippen LogP contribution is 2.30. The summed E-state index contributed by atoms with van der Waals surface area (Å²) >= 11 is 0. The zero-order chi connectivity index (χ0) is 25.2. The summed E-state index contributed by atoms with van der Waals surface area (Å²) in [4.78, 5) is 24.6. The van der Waals surface area contributed by atoms with E-state index >= 15 is 0 Å². The maximum atomic E-state index is 12.7. The van der Waals surface area contributed by atoms with Crippen LogP contribution in [0.1, 0.15) is 131 Å². The molecule has 0 saturated carbocycles. The molecular formula is C30H50O4. The second-order valence-electron chi connectivity index (χ2n) is 10.6. The minimum absolute atomic E-state index is 0.0900. The van der Waals surface area contributed by atoms with Crippen LogP contribution in [0.15, 0.2) is 11.6 Å². The van der Waals surface area contributed by atoms with Gasteiger partial charge in [-0.25, -0.2) is 0 Å². The first-order chi connectivity index (χ1) is 16.3. The summed E-state index contributed by atoms with van der Waals surface area (Å²) in [7, 11) is 0. The highest BCUT2D eigenvalue weighted by atomic mass is 16.6. The van der Waals surface area contributed by atoms with Gasteiger partial charge >= 0.3 is 5.97 Å². The molecule has 2 atom stereocenters. The van der Waals surface area contributed by atoms with Gasteiger partial charge in [0.1, 0.15) is 11.7 Å². The fourth-order valence-electron chi connectivity index (χ4n) is 4.24. The minimum atomic E-state index is -0.430. The third kappa shape index (κ3) is 14.0. The minimum Gasteiger partial charge on any atom is -0.460 e. The molecule has 0 radical (unpaired) electrons. The summed E-state index contributed by atoms with van der Waals surface area (Å²) in [6, 6.07) is 0. The summed E-state index contributed by atoms with van der Waals surface area (Å²) in [6.45, 7) is 10.7. The molecule has 4 heteroatoms. The number of hydrogen-bond acceptors (Lipinski definition) is 4. The Morgan fingerprint density at radius 3 is 2.24 bits per heavy atom. The Kier molecular flexibility index (Phi) is 15.9. The Labute approximate surface area is 209 Å². The van der Waals surface area contributed by atoms with Crippen LogP contribution in [0.5, 0.6) is 0 Å². The van der Waals surface area contributed by atoms with Crippen molar-refractivity contribution in [1.29, 1.82) is 0 Å². The Morgan fingerprint density at radius 2 is 1.56 bits per heavy atom. The number of ether oxygens (including phenoxy) is 2. The molecule has 0 bridgehead atoms. The van der Waals surface area contributed by atoms with Gasteiger partial charge < -0.3 is 9.47 Å². The molecular weight excluding hydrogens is 424 g/mol. The predicted molar refractivity (Wildman–Crippen MR) is 141 cm³/mol. The lowest BCUT2D eigenvalue weighted by Crippen LogP contribution is -2.26. The SMILES string of the molecule is CCCCCCC#CC1=CC(=O)[C@H](CCCCCCC)[C@@H]1OCCCCCC(=O)OC(C)(C)C. The maximum Gasteiger partial charge on any atom is 0.306 e. The Balaban J connectivity index is 2.52. The molecule has 0 spiro atoms. The van der Waals surface area contributed by atoms with Crippen LogP contribution in [0.2, 0.25) is 0 Å². The van der Waals surface area contributed by atoms with E-state index < -0.39 is 5.60 Å². The summed E-state index contributed by atoms with van der Waals surface area (Å²) in [6.07, 6.45) is 17.1. The molecule has 194 valence electrons. The Morgan fingerprint density at radius 1 is 0.912 bits per heavy atom. The Bertz CT molecular complexity index is 674. The average molecular weight is 475 g/mol. The van der Waals surface area contributed by atoms with Crippen LogP contribution in [-0.2, 0) is 19.1 Å².